The van der Waals surface area contributed by atoms with Gasteiger partial charge in [0.05, 0.1) is 13.0 Å². The molecule has 6 heteroatoms. The van der Waals surface area contributed by atoms with Gasteiger partial charge in [0.25, 0.3) is 5.89 Å². The van der Waals surface area contributed by atoms with E-state index in [1.54, 1.807) is 12.1 Å². The minimum atomic E-state index is -0.332. The predicted octanol–water partition coefficient (Wildman–Crippen LogP) is 3.04. The smallest absolute Gasteiger partial charge is 0.257 e. The molecule has 1 heterocycles. The van der Waals surface area contributed by atoms with Gasteiger partial charge < -0.3 is 9.84 Å². The lowest BCUT2D eigenvalue weighted by molar-refractivity contribution is -0.120. The first kappa shape index (κ1) is 15.9. The van der Waals surface area contributed by atoms with Crippen molar-refractivity contribution in [3.63, 3.8) is 0 Å². The SMILES string of the molecule is Cc1cccc(CC(=O)NCc2noc(-c3ccc(F)cc3)n2)c1. The molecule has 122 valence electrons. The molecule has 3 aromatic rings. The second-order valence-corrected chi connectivity index (χ2v) is 5.47. The van der Waals surface area contributed by atoms with E-state index in [1.165, 1.54) is 12.1 Å². The van der Waals surface area contributed by atoms with Crippen LogP contribution < -0.4 is 5.32 Å². The van der Waals surface area contributed by atoms with Crippen LogP contribution in [0.1, 0.15) is 17.0 Å². The molecule has 0 saturated carbocycles. The second kappa shape index (κ2) is 7.04. The van der Waals surface area contributed by atoms with Crippen molar-refractivity contribution >= 4 is 5.91 Å². The molecule has 0 aliphatic carbocycles. The topological polar surface area (TPSA) is 68.0 Å². The van der Waals surface area contributed by atoms with Gasteiger partial charge >= 0.3 is 0 Å². The predicted molar refractivity (Wildman–Crippen MR) is 86.4 cm³/mol. The van der Waals surface area contributed by atoms with Crippen molar-refractivity contribution in [3.05, 3.63) is 71.3 Å². The zero-order valence-corrected chi connectivity index (χ0v) is 13.1. The third kappa shape index (κ3) is 4.04. The number of hydrogen-bond donors (Lipinski definition) is 1. The van der Waals surface area contributed by atoms with Crippen molar-refractivity contribution in [2.24, 2.45) is 0 Å². The van der Waals surface area contributed by atoms with E-state index in [9.17, 15) is 9.18 Å². The molecule has 0 saturated heterocycles. The molecule has 1 N–H and O–H groups in total. The number of amides is 1. The van der Waals surface area contributed by atoms with Gasteiger partial charge in [-0.05, 0) is 36.8 Å². The van der Waals surface area contributed by atoms with E-state index in [2.05, 4.69) is 15.5 Å². The van der Waals surface area contributed by atoms with Gasteiger partial charge in [-0.2, -0.15) is 4.98 Å². The minimum absolute atomic E-state index is 0.117. The lowest BCUT2D eigenvalue weighted by atomic mass is 10.1. The molecule has 0 radical (unpaired) electrons. The molecule has 1 aromatic heterocycles. The molecule has 0 aliphatic heterocycles. The Labute approximate surface area is 138 Å². The first-order chi connectivity index (χ1) is 11.6. The summed E-state index contributed by atoms with van der Waals surface area (Å²) in [6, 6.07) is 13.6. The van der Waals surface area contributed by atoms with E-state index < -0.39 is 0 Å². The van der Waals surface area contributed by atoms with Crippen LogP contribution in [0.15, 0.2) is 53.1 Å². The summed E-state index contributed by atoms with van der Waals surface area (Å²) in [5, 5.41) is 6.57. The van der Waals surface area contributed by atoms with Gasteiger partial charge in [0.15, 0.2) is 5.82 Å². The number of aromatic nitrogens is 2. The number of carbonyl (C=O) groups is 1. The fraction of sp³-hybridized carbons (Fsp3) is 0.167. The summed E-state index contributed by atoms with van der Waals surface area (Å²) in [5.74, 6) is 0.209. The van der Waals surface area contributed by atoms with Crippen molar-refractivity contribution in [3.8, 4) is 11.5 Å². The molecule has 2 aromatic carbocycles. The van der Waals surface area contributed by atoms with Crippen LogP contribution in [0.4, 0.5) is 4.39 Å². The van der Waals surface area contributed by atoms with Crippen LogP contribution in [0, 0.1) is 12.7 Å². The summed E-state index contributed by atoms with van der Waals surface area (Å²) in [6.07, 6.45) is 0.296. The summed E-state index contributed by atoms with van der Waals surface area (Å²) in [7, 11) is 0. The molecular weight excluding hydrogens is 309 g/mol. The van der Waals surface area contributed by atoms with Gasteiger partial charge in [-0.15, -0.1) is 0 Å². The van der Waals surface area contributed by atoms with Crippen molar-refractivity contribution < 1.29 is 13.7 Å². The van der Waals surface area contributed by atoms with Crippen molar-refractivity contribution in [1.29, 1.82) is 0 Å². The Morgan fingerprint density at radius 1 is 1.21 bits per heavy atom. The normalized spacial score (nSPS) is 10.6. The van der Waals surface area contributed by atoms with E-state index in [1.807, 2.05) is 31.2 Å². The van der Waals surface area contributed by atoms with E-state index in [4.69, 9.17) is 4.52 Å². The maximum atomic E-state index is 12.9. The lowest BCUT2D eigenvalue weighted by Gasteiger charge is -2.03. The van der Waals surface area contributed by atoms with Crippen LogP contribution in [-0.2, 0) is 17.8 Å². The minimum Gasteiger partial charge on any atom is -0.348 e. The first-order valence-corrected chi connectivity index (χ1v) is 7.51. The molecule has 0 fully saturated rings. The summed E-state index contributed by atoms with van der Waals surface area (Å²) in [5.41, 5.74) is 2.69. The number of nitrogens with zero attached hydrogens (tertiary/aromatic N) is 2. The van der Waals surface area contributed by atoms with Gasteiger partial charge in [-0.3, -0.25) is 4.79 Å². The number of rotatable bonds is 5. The van der Waals surface area contributed by atoms with Crippen molar-refractivity contribution in [2.75, 3.05) is 0 Å². The van der Waals surface area contributed by atoms with Gasteiger partial charge in [0.2, 0.25) is 5.91 Å². The quantitative estimate of drug-likeness (QED) is 0.783. The van der Waals surface area contributed by atoms with Crippen LogP contribution in [0.3, 0.4) is 0 Å². The summed E-state index contributed by atoms with van der Waals surface area (Å²) in [4.78, 5) is 16.2. The van der Waals surface area contributed by atoms with Crippen molar-refractivity contribution in [2.45, 2.75) is 19.9 Å². The van der Waals surface area contributed by atoms with Crippen LogP contribution in [0.5, 0.6) is 0 Å². The van der Waals surface area contributed by atoms with Gasteiger partial charge in [0, 0.05) is 5.56 Å². The van der Waals surface area contributed by atoms with E-state index in [-0.39, 0.29) is 24.2 Å². The van der Waals surface area contributed by atoms with E-state index in [0.29, 0.717) is 17.8 Å². The van der Waals surface area contributed by atoms with Crippen LogP contribution >= 0.6 is 0 Å². The molecule has 0 spiro atoms. The summed E-state index contributed by atoms with van der Waals surface area (Å²) in [6.45, 7) is 2.16. The Kier molecular flexibility index (Phi) is 4.65. The molecule has 24 heavy (non-hydrogen) atoms. The highest BCUT2D eigenvalue weighted by Crippen LogP contribution is 2.17. The first-order valence-electron chi connectivity index (χ1n) is 7.51. The Bertz CT molecular complexity index is 843. The van der Waals surface area contributed by atoms with E-state index in [0.717, 1.165) is 11.1 Å². The third-order valence-corrected chi connectivity index (χ3v) is 3.45. The monoisotopic (exact) mass is 325 g/mol. The average Bonchev–Trinajstić information content (AvgIpc) is 3.03. The fourth-order valence-corrected chi connectivity index (χ4v) is 2.28. The maximum Gasteiger partial charge on any atom is 0.257 e. The number of halogens is 1. The molecule has 0 aliphatic rings. The Balaban J connectivity index is 1.57. The summed E-state index contributed by atoms with van der Waals surface area (Å²) >= 11 is 0. The van der Waals surface area contributed by atoms with Crippen LogP contribution in [-0.4, -0.2) is 16.0 Å². The van der Waals surface area contributed by atoms with Gasteiger partial charge in [-0.1, -0.05) is 35.0 Å². The molecule has 3 rings (SSSR count). The second-order valence-electron chi connectivity index (χ2n) is 5.47. The highest BCUT2D eigenvalue weighted by molar-refractivity contribution is 5.78. The Morgan fingerprint density at radius 3 is 2.75 bits per heavy atom. The number of hydrogen-bond acceptors (Lipinski definition) is 4. The largest absolute Gasteiger partial charge is 0.348 e. The Morgan fingerprint density at radius 2 is 2.00 bits per heavy atom. The standard InChI is InChI=1S/C18H16FN3O2/c1-12-3-2-4-13(9-12)10-17(23)20-11-16-21-18(24-22-16)14-5-7-15(19)8-6-14/h2-9H,10-11H2,1H3,(H,20,23). The van der Waals surface area contributed by atoms with E-state index >= 15 is 0 Å². The van der Waals surface area contributed by atoms with Crippen molar-refractivity contribution in [1.82, 2.24) is 15.5 Å². The van der Waals surface area contributed by atoms with Gasteiger partial charge in [-0.25, -0.2) is 4.39 Å². The molecule has 5 nitrogen and oxygen atoms in total. The molecule has 0 unspecified atom stereocenters. The Hall–Kier alpha value is -3.02. The van der Waals surface area contributed by atoms with Crippen LogP contribution in [0.2, 0.25) is 0 Å². The third-order valence-electron chi connectivity index (χ3n) is 3.45. The zero-order chi connectivity index (χ0) is 16.9. The number of carbonyl (C=O) groups excluding carboxylic acids is 1. The highest BCUT2D eigenvalue weighted by atomic mass is 19.1. The highest BCUT2D eigenvalue weighted by Gasteiger charge is 2.10. The number of benzene rings is 2. The maximum absolute atomic E-state index is 12.9. The fourth-order valence-electron chi connectivity index (χ4n) is 2.28. The molecule has 1 amide bonds. The molecular formula is C18H16FN3O2. The van der Waals surface area contributed by atoms with Gasteiger partial charge in [0.1, 0.15) is 5.82 Å². The molecule has 0 bridgehead atoms. The zero-order valence-electron chi connectivity index (χ0n) is 13.1. The summed E-state index contributed by atoms with van der Waals surface area (Å²) < 4.78 is 18.0. The average molecular weight is 325 g/mol. The number of aryl methyl sites for hydroxylation is 1. The molecule has 0 atom stereocenters. The number of nitrogens with one attached hydrogen (secondary N) is 1. The van der Waals surface area contributed by atoms with Crippen LogP contribution in [0.25, 0.3) is 11.5 Å². The lowest BCUT2D eigenvalue weighted by Crippen LogP contribution is -2.25.